The van der Waals surface area contributed by atoms with Crippen molar-refractivity contribution in [2.24, 2.45) is 0 Å². The molecular formula is C25H26N2O2. The van der Waals surface area contributed by atoms with Gasteiger partial charge >= 0.3 is 0 Å². The number of fused-ring (bicyclic) bond motifs is 1. The molecule has 3 aromatic rings. The summed E-state index contributed by atoms with van der Waals surface area (Å²) in [6.45, 7) is 2.72. The average Bonchev–Trinajstić information content (AvgIpc) is 3.16. The fraction of sp³-hybridized carbons (Fsp3) is 0.280. The Hall–Kier alpha value is -3.14. The van der Waals surface area contributed by atoms with Crippen LogP contribution in [0.15, 0.2) is 70.3 Å². The average molecular weight is 386 g/mol. The van der Waals surface area contributed by atoms with Crippen LogP contribution >= 0.6 is 0 Å². The van der Waals surface area contributed by atoms with Crippen molar-refractivity contribution in [3.63, 3.8) is 0 Å². The van der Waals surface area contributed by atoms with Crippen molar-refractivity contribution in [2.75, 3.05) is 17.2 Å². The Kier molecular flexibility index (Phi) is 5.61. The van der Waals surface area contributed by atoms with Gasteiger partial charge in [-0.1, -0.05) is 60.7 Å². The molecule has 0 saturated carbocycles. The van der Waals surface area contributed by atoms with Crippen LogP contribution in [0, 0.1) is 0 Å². The second kappa shape index (κ2) is 8.48. The summed E-state index contributed by atoms with van der Waals surface area (Å²) in [5, 5.41) is 6.44. The summed E-state index contributed by atoms with van der Waals surface area (Å²) in [6.07, 6.45) is 5.89. The van der Waals surface area contributed by atoms with Crippen LogP contribution in [0.3, 0.4) is 0 Å². The first-order valence-corrected chi connectivity index (χ1v) is 10.3. The molecule has 4 nitrogen and oxygen atoms in total. The van der Waals surface area contributed by atoms with E-state index in [0.717, 1.165) is 25.7 Å². The van der Waals surface area contributed by atoms with Gasteiger partial charge in [0.15, 0.2) is 0 Å². The summed E-state index contributed by atoms with van der Waals surface area (Å²) in [5.74, 6) is 0. The highest BCUT2D eigenvalue weighted by Gasteiger charge is 2.23. The fourth-order valence-corrected chi connectivity index (χ4v) is 4.02. The third-order valence-electron chi connectivity index (χ3n) is 5.55. The van der Waals surface area contributed by atoms with Crippen molar-refractivity contribution in [1.29, 1.82) is 0 Å². The van der Waals surface area contributed by atoms with E-state index in [1.54, 1.807) is 0 Å². The van der Waals surface area contributed by atoms with Gasteiger partial charge in [-0.2, -0.15) is 0 Å². The first kappa shape index (κ1) is 19.2. The first-order chi connectivity index (χ1) is 14.1. The second-order valence-electron chi connectivity index (χ2n) is 7.76. The summed E-state index contributed by atoms with van der Waals surface area (Å²) in [6, 6.07) is 18.8. The van der Waals surface area contributed by atoms with E-state index in [1.165, 1.54) is 22.3 Å². The van der Waals surface area contributed by atoms with Gasteiger partial charge in [-0.3, -0.25) is 9.59 Å². The Bertz CT molecular complexity index is 1090. The summed E-state index contributed by atoms with van der Waals surface area (Å²) in [4.78, 5) is 24.1. The largest absolute Gasteiger partial charge is 0.380 e. The highest BCUT2D eigenvalue weighted by molar-refractivity contribution is 5.76. The van der Waals surface area contributed by atoms with Crippen LogP contribution in [0.2, 0.25) is 0 Å². The molecule has 148 valence electrons. The lowest BCUT2D eigenvalue weighted by Gasteiger charge is -2.20. The molecule has 0 bridgehead atoms. The van der Waals surface area contributed by atoms with Crippen molar-refractivity contribution in [1.82, 2.24) is 0 Å². The lowest BCUT2D eigenvalue weighted by atomic mass is 10.00. The van der Waals surface area contributed by atoms with Gasteiger partial charge in [0.05, 0.1) is 0 Å². The van der Waals surface area contributed by atoms with Crippen LogP contribution in [-0.2, 0) is 12.8 Å². The van der Waals surface area contributed by atoms with Crippen molar-refractivity contribution >= 4 is 16.9 Å². The summed E-state index contributed by atoms with van der Waals surface area (Å²) >= 11 is 0. The normalized spacial score (nSPS) is 13.8. The molecule has 0 spiro atoms. The summed E-state index contributed by atoms with van der Waals surface area (Å²) in [7, 11) is 0. The Labute approximate surface area is 171 Å². The number of rotatable bonds is 9. The fourth-order valence-electron chi connectivity index (χ4n) is 4.02. The van der Waals surface area contributed by atoms with Gasteiger partial charge in [-0.05, 0) is 54.9 Å². The van der Waals surface area contributed by atoms with E-state index in [0.29, 0.717) is 17.9 Å². The van der Waals surface area contributed by atoms with Gasteiger partial charge < -0.3 is 10.6 Å². The van der Waals surface area contributed by atoms with E-state index < -0.39 is 10.9 Å². The van der Waals surface area contributed by atoms with Crippen LogP contribution < -0.4 is 21.5 Å². The van der Waals surface area contributed by atoms with E-state index >= 15 is 0 Å². The third kappa shape index (κ3) is 4.16. The van der Waals surface area contributed by atoms with Crippen molar-refractivity contribution in [3.8, 4) is 0 Å². The quantitative estimate of drug-likeness (QED) is 0.428. The van der Waals surface area contributed by atoms with E-state index in [1.807, 2.05) is 18.2 Å². The Balaban J connectivity index is 1.32. The molecule has 0 radical (unpaired) electrons. The van der Waals surface area contributed by atoms with Crippen molar-refractivity contribution < 1.29 is 0 Å². The maximum Gasteiger partial charge on any atom is 0.253 e. The smallest absolute Gasteiger partial charge is 0.253 e. The molecule has 0 amide bonds. The number of hydrogen-bond donors (Lipinski definition) is 2. The Morgan fingerprint density at radius 3 is 2.48 bits per heavy atom. The highest BCUT2D eigenvalue weighted by atomic mass is 16.2. The number of nitrogens with one attached hydrogen (secondary N) is 2. The topological polar surface area (TPSA) is 58.2 Å². The van der Waals surface area contributed by atoms with Gasteiger partial charge in [-0.25, -0.2) is 0 Å². The Morgan fingerprint density at radius 2 is 1.66 bits per heavy atom. The maximum absolute atomic E-state index is 12.1. The second-order valence-corrected chi connectivity index (χ2v) is 7.76. The molecule has 1 atom stereocenters. The van der Waals surface area contributed by atoms with Crippen molar-refractivity contribution in [3.05, 3.63) is 97.8 Å². The van der Waals surface area contributed by atoms with Gasteiger partial charge in [-0.15, -0.1) is 0 Å². The predicted molar refractivity (Wildman–Crippen MR) is 120 cm³/mol. The van der Waals surface area contributed by atoms with Gasteiger partial charge in [0.25, 0.3) is 10.9 Å². The van der Waals surface area contributed by atoms with E-state index in [2.05, 4.69) is 60.0 Å². The van der Waals surface area contributed by atoms with Gasteiger partial charge in [0, 0.05) is 12.6 Å². The minimum absolute atomic E-state index is 0.0700. The molecule has 4 rings (SSSR count). The van der Waals surface area contributed by atoms with Crippen LogP contribution in [0.4, 0.5) is 11.4 Å². The summed E-state index contributed by atoms with van der Waals surface area (Å²) in [5.41, 5.74) is 5.28. The number of hydrogen-bond acceptors (Lipinski definition) is 4. The lowest BCUT2D eigenvalue weighted by Crippen LogP contribution is -2.39. The lowest BCUT2D eigenvalue weighted by molar-refractivity contribution is 0.818. The first-order valence-electron chi connectivity index (χ1n) is 10.3. The van der Waals surface area contributed by atoms with Gasteiger partial charge in [0.2, 0.25) is 0 Å². The molecule has 0 aromatic heterocycles. The van der Waals surface area contributed by atoms with Crippen LogP contribution in [0.1, 0.15) is 36.5 Å². The number of aryl methyl sites for hydroxylation is 1. The molecular weight excluding hydrogens is 360 g/mol. The Morgan fingerprint density at radius 1 is 0.931 bits per heavy atom. The van der Waals surface area contributed by atoms with E-state index in [-0.39, 0.29) is 6.04 Å². The highest BCUT2D eigenvalue weighted by Crippen LogP contribution is 2.31. The number of allylic oxidation sites excluding steroid dienone is 1. The minimum atomic E-state index is -0.414. The standard InChI is InChI=1S/C25H26N2O2/c1-17(16-20-14-13-19-11-5-6-12-21(19)20)27-23-22(24(28)25(23)29)26-15-7-10-18-8-3-2-4-9-18/h2-6,8-9,11-12,14,17,26-27H,7,10,13,15-16H2,1H3/t17-/m1/s1. The zero-order valence-electron chi connectivity index (χ0n) is 16.7. The number of benzene rings is 2. The molecule has 4 heteroatoms. The zero-order valence-corrected chi connectivity index (χ0v) is 16.7. The molecule has 0 saturated heterocycles. The maximum atomic E-state index is 12.1. The van der Waals surface area contributed by atoms with Crippen LogP contribution in [0.25, 0.3) is 5.57 Å². The molecule has 0 unspecified atom stereocenters. The third-order valence-corrected chi connectivity index (χ3v) is 5.55. The van der Waals surface area contributed by atoms with Crippen LogP contribution in [0.5, 0.6) is 0 Å². The SMILES string of the molecule is C[C@H](CC1=CCc2ccccc21)Nc1c(NCCCc2ccccc2)c(=O)c1=O. The molecule has 3 aromatic carbocycles. The predicted octanol–water partition coefficient (Wildman–Crippen LogP) is 4.16. The minimum Gasteiger partial charge on any atom is -0.380 e. The van der Waals surface area contributed by atoms with E-state index in [9.17, 15) is 9.59 Å². The molecule has 1 aliphatic rings. The van der Waals surface area contributed by atoms with E-state index in [4.69, 9.17) is 0 Å². The number of anilines is 2. The molecule has 0 aliphatic heterocycles. The molecule has 1 aliphatic carbocycles. The molecule has 29 heavy (non-hydrogen) atoms. The van der Waals surface area contributed by atoms with Crippen molar-refractivity contribution in [2.45, 2.75) is 38.6 Å². The molecule has 0 fully saturated rings. The monoisotopic (exact) mass is 386 g/mol. The van der Waals surface area contributed by atoms with Crippen LogP contribution in [-0.4, -0.2) is 12.6 Å². The van der Waals surface area contributed by atoms with Gasteiger partial charge in [0.1, 0.15) is 11.4 Å². The molecule has 0 heterocycles. The summed E-state index contributed by atoms with van der Waals surface area (Å²) < 4.78 is 0. The zero-order chi connectivity index (χ0) is 20.2. The molecule has 2 N–H and O–H groups in total.